The second-order valence-corrected chi connectivity index (χ2v) is 5.41. The summed E-state index contributed by atoms with van der Waals surface area (Å²) in [5.41, 5.74) is 0.461. The molecule has 0 bridgehead atoms. The number of phenols is 1. The normalized spacial score (nSPS) is 11.8. The first-order valence-electron chi connectivity index (χ1n) is 7.62. The van der Waals surface area contributed by atoms with E-state index in [0.717, 1.165) is 12.1 Å². The third kappa shape index (κ3) is 4.66. The van der Waals surface area contributed by atoms with Crippen LogP contribution in [-0.4, -0.2) is 10.1 Å². The lowest BCUT2D eigenvalue weighted by Crippen LogP contribution is -2.03. The highest BCUT2D eigenvalue weighted by molar-refractivity contribution is 5.66. The van der Waals surface area contributed by atoms with Crippen LogP contribution in [0, 0.1) is 0 Å². The van der Waals surface area contributed by atoms with E-state index in [4.69, 9.17) is 9.15 Å². The van der Waals surface area contributed by atoms with Gasteiger partial charge in [-0.2, -0.15) is 13.2 Å². The van der Waals surface area contributed by atoms with Gasteiger partial charge in [-0.1, -0.05) is 12.1 Å². The molecule has 0 saturated heterocycles. The van der Waals surface area contributed by atoms with E-state index in [0.29, 0.717) is 22.9 Å². The fraction of sp³-hybridized carbons (Fsp3) is 0.105. The molecule has 134 valence electrons. The number of hydrogen-bond donors (Lipinski definition) is 1. The number of alkyl halides is 3. The molecule has 7 heteroatoms. The number of aromatic nitrogens is 1. The van der Waals surface area contributed by atoms with Crippen LogP contribution in [0.4, 0.5) is 13.2 Å². The number of benzene rings is 2. The Kier molecular flexibility index (Phi) is 4.97. The number of phenolic OH excluding ortho intramolecular Hbond substituents is 1. The molecule has 0 spiro atoms. The predicted molar refractivity (Wildman–Crippen MR) is 89.3 cm³/mol. The summed E-state index contributed by atoms with van der Waals surface area (Å²) in [4.78, 5) is 4.21. The highest BCUT2D eigenvalue weighted by Gasteiger charge is 2.29. The highest BCUT2D eigenvalue weighted by atomic mass is 19.4. The van der Waals surface area contributed by atoms with E-state index in [2.05, 4.69) is 4.98 Å². The zero-order valence-corrected chi connectivity index (χ0v) is 13.4. The molecule has 4 nitrogen and oxygen atoms in total. The molecule has 2 aromatic carbocycles. The smallest absolute Gasteiger partial charge is 0.416 e. The number of aromatic hydroxyl groups is 1. The van der Waals surface area contributed by atoms with Crippen molar-refractivity contribution in [3.05, 3.63) is 77.5 Å². The van der Waals surface area contributed by atoms with Gasteiger partial charge >= 0.3 is 6.18 Å². The van der Waals surface area contributed by atoms with Gasteiger partial charge < -0.3 is 14.3 Å². The Hall–Kier alpha value is -3.22. The summed E-state index contributed by atoms with van der Waals surface area (Å²) in [5.74, 6) is 1.04. The van der Waals surface area contributed by atoms with E-state index in [9.17, 15) is 18.3 Å². The highest BCUT2D eigenvalue weighted by Crippen LogP contribution is 2.29. The molecule has 1 N–H and O–H groups in total. The van der Waals surface area contributed by atoms with E-state index in [1.807, 2.05) is 0 Å². The molecule has 0 amide bonds. The molecule has 0 atom stereocenters. The molecule has 1 heterocycles. The quantitative estimate of drug-likeness (QED) is 0.683. The van der Waals surface area contributed by atoms with E-state index in [1.54, 1.807) is 24.3 Å². The number of nitrogens with zero attached hydrogens (tertiary/aromatic N) is 1. The van der Waals surface area contributed by atoms with Gasteiger partial charge in [-0.05, 0) is 48.0 Å². The zero-order chi connectivity index (χ0) is 18.6. The lowest BCUT2D eigenvalue weighted by molar-refractivity contribution is -0.137. The Morgan fingerprint density at radius 1 is 1.00 bits per heavy atom. The van der Waals surface area contributed by atoms with Gasteiger partial charge in [0, 0.05) is 6.08 Å². The first kappa shape index (κ1) is 17.6. The van der Waals surface area contributed by atoms with Crippen molar-refractivity contribution in [2.45, 2.75) is 12.8 Å². The van der Waals surface area contributed by atoms with E-state index in [1.165, 1.54) is 30.5 Å². The summed E-state index contributed by atoms with van der Waals surface area (Å²) >= 11 is 0. The van der Waals surface area contributed by atoms with Crippen molar-refractivity contribution in [2.24, 2.45) is 0 Å². The summed E-state index contributed by atoms with van der Waals surface area (Å²) in [6.45, 7) is 0.183. The lowest BCUT2D eigenvalue weighted by atomic mass is 10.1. The van der Waals surface area contributed by atoms with Crippen LogP contribution >= 0.6 is 0 Å². The molecule has 0 saturated carbocycles. The van der Waals surface area contributed by atoms with E-state index in [-0.39, 0.29) is 12.4 Å². The third-order valence-corrected chi connectivity index (χ3v) is 3.45. The van der Waals surface area contributed by atoms with Crippen LogP contribution in [0.3, 0.4) is 0 Å². The van der Waals surface area contributed by atoms with Gasteiger partial charge in [0.25, 0.3) is 0 Å². The standard InChI is InChI=1S/C19H14F3NO3/c20-19(21,22)14-4-1-13(2-5-14)3-10-18-23-15(12-26-18)11-25-17-8-6-16(24)7-9-17/h1-10,12,24H,11H2/b10-3+. The van der Waals surface area contributed by atoms with Crippen LogP contribution in [0.25, 0.3) is 12.2 Å². The van der Waals surface area contributed by atoms with Crippen molar-refractivity contribution in [3.8, 4) is 11.5 Å². The van der Waals surface area contributed by atoms with Gasteiger partial charge in [0.05, 0.1) is 5.56 Å². The Bertz CT molecular complexity index is 882. The zero-order valence-electron chi connectivity index (χ0n) is 13.4. The average molecular weight is 361 g/mol. The molecular weight excluding hydrogens is 347 g/mol. The maximum atomic E-state index is 12.5. The molecule has 3 aromatic rings. The molecule has 26 heavy (non-hydrogen) atoms. The van der Waals surface area contributed by atoms with Crippen LogP contribution in [0.5, 0.6) is 11.5 Å². The fourth-order valence-electron chi connectivity index (χ4n) is 2.12. The van der Waals surface area contributed by atoms with Gasteiger partial charge in [0.1, 0.15) is 30.1 Å². The van der Waals surface area contributed by atoms with Crippen LogP contribution in [0.15, 0.2) is 59.2 Å². The number of hydrogen-bond acceptors (Lipinski definition) is 4. The number of rotatable bonds is 5. The average Bonchev–Trinajstić information content (AvgIpc) is 3.07. The molecule has 0 unspecified atom stereocenters. The first-order valence-corrected chi connectivity index (χ1v) is 7.62. The van der Waals surface area contributed by atoms with Crippen molar-refractivity contribution in [3.63, 3.8) is 0 Å². The number of halogens is 3. The second kappa shape index (κ2) is 7.35. The third-order valence-electron chi connectivity index (χ3n) is 3.45. The van der Waals surface area contributed by atoms with Gasteiger partial charge in [-0.15, -0.1) is 0 Å². The van der Waals surface area contributed by atoms with Gasteiger partial charge in [0.2, 0.25) is 5.89 Å². The van der Waals surface area contributed by atoms with Crippen molar-refractivity contribution in [1.82, 2.24) is 4.98 Å². The number of ether oxygens (including phenoxy) is 1. The predicted octanol–water partition coefficient (Wildman–Crippen LogP) is 5.15. The van der Waals surface area contributed by atoms with Crippen LogP contribution in [0.1, 0.15) is 22.7 Å². The summed E-state index contributed by atoms with van der Waals surface area (Å²) < 4.78 is 48.3. The van der Waals surface area contributed by atoms with E-state index < -0.39 is 11.7 Å². The van der Waals surface area contributed by atoms with Crippen molar-refractivity contribution in [1.29, 1.82) is 0 Å². The van der Waals surface area contributed by atoms with E-state index >= 15 is 0 Å². The monoisotopic (exact) mass is 361 g/mol. The fourth-order valence-corrected chi connectivity index (χ4v) is 2.12. The van der Waals surface area contributed by atoms with Gasteiger partial charge in [-0.25, -0.2) is 4.98 Å². The van der Waals surface area contributed by atoms with Gasteiger partial charge in [0.15, 0.2) is 0 Å². The SMILES string of the molecule is Oc1ccc(OCc2coc(/C=C/c3ccc(C(F)(F)F)cc3)n2)cc1. The van der Waals surface area contributed by atoms with Crippen LogP contribution < -0.4 is 4.74 Å². The molecule has 0 fully saturated rings. The maximum absolute atomic E-state index is 12.5. The van der Waals surface area contributed by atoms with Crippen molar-refractivity contribution < 1.29 is 27.4 Å². The minimum absolute atomic E-state index is 0.148. The summed E-state index contributed by atoms with van der Waals surface area (Å²) in [6, 6.07) is 11.1. The minimum atomic E-state index is -4.35. The Morgan fingerprint density at radius 3 is 2.35 bits per heavy atom. The molecule has 1 aromatic heterocycles. The molecule has 3 rings (SSSR count). The Labute approximate surface area is 147 Å². The molecule has 0 aliphatic heterocycles. The van der Waals surface area contributed by atoms with Crippen LogP contribution in [-0.2, 0) is 12.8 Å². The maximum Gasteiger partial charge on any atom is 0.416 e. The largest absolute Gasteiger partial charge is 0.508 e. The minimum Gasteiger partial charge on any atom is -0.508 e. The molecule has 0 aliphatic rings. The molecule has 0 aliphatic carbocycles. The lowest BCUT2D eigenvalue weighted by Gasteiger charge is -2.05. The van der Waals surface area contributed by atoms with Crippen LogP contribution in [0.2, 0.25) is 0 Å². The Balaban J connectivity index is 1.59. The van der Waals surface area contributed by atoms with Crippen molar-refractivity contribution >= 4 is 12.2 Å². The second-order valence-electron chi connectivity index (χ2n) is 5.41. The van der Waals surface area contributed by atoms with Crippen molar-refractivity contribution in [2.75, 3.05) is 0 Å². The first-order chi connectivity index (χ1) is 12.4. The Morgan fingerprint density at radius 2 is 1.69 bits per heavy atom. The molecular formula is C19H14F3NO3. The molecule has 0 radical (unpaired) electrons. The topological polar surface area (TPSA) is 55.5 Å². The number of oxazole rings is 1. The summed E-state index contributed by atoms with van der Waals surface area (Å²) in [5, 5.41) is 9.21. The van der Waals surface area contributed by atoms with Gasteiger partial charge in [-0.3, -0.25) is 0 Å². The summed E-state index contributed by atoms with van der Waals surface area (Å²) in [6.07, 6.45) is 0.257. The summed E-state index contributed by atoms with van der Waals surface area (Å²) in [7, 11) is 0.